The minimum absolute atomic E-state index is 0.124. The average molecular weight is 541 g/mol. The van der Waals surface area contributed by atoms with Gasteiger partial charge in [-0.2, -0.15) is 0 Å². The molecular weight excluding hydrogens is 514 g/mol. The summed E-state index contributed by atoms with van der Waals surface area (Å²) >= 11 is 7.41. The van der Waals surface area contributed by atoms with Gasteiger partial charge in [-0.1, -0.05) is 70.5 Å². The molecule has 0 N–H and O–H groups in total. The average Bonchev–Trinajstić information content (AvgIpc) is 3.33. The van der Waals surface area contributed by atoms with Crippen LogP contribution in [0.3, 0.4) is 0 Å². The zero-order chi connectivity index (χ0) is 21.4. The van der Waals surface area contributed by atoms with Gasteiger partial charge in [-0.15, -0.1) is 0 Å². The number of benzene rings is 1. The summed E-state index contributed by atoms with van der Waals surface area (Å²) < 4.78 is 5.47. The minimum atomic E-state index is -0.276. The number of rotatable bonds is 8. The van der Waals surface area contributed by atoms with Crippen LogP contribution in [-0.4, -0.2) is 27.4 Å². The third-order valence-corrected chi connectivity index (χ3v) is 9.99. The predicted molar refractivity (Wildman–Crippen MR) is 122 cm³/mol. The van der Waals surface area contributed by atoms with E-state index in [0.29, 0.717) is 17.9 Å². The number of hydrogen-bond acceptors (Lipinski definition) is 4. The van der Waals surface area contributed by atoms with Crippen LogP contribution in [0.2, 0.25) is 0 Å². The Morgan fingerprint density at radius 1 is 1.03 bits per heavy atom. The molecule has 1 heterocycles. The lowest BCUT2D eigenvalue weighted by atomic mass is 9.81. The van der Waals surface area contributed by atoms with Crippen molar-refractivity contribution in [2.75, 3.05) is 4.90 Å². The maximum absolute atomic E-state index is 13.2. The van der Waals surface area contributed by atoms with Crippen molar-refractivity contribution in [3.63, 3.8) is 0 Å². The number of esters is 1. The lowest BCUT2D eigenvalue weighted by Crippen LogP contribution is -2.37. The molecule has 5 nitrogen and oxygen atoms in total. The van der Waals surface area contributed by atoms with E-state index in [2.05, 4.69) is 38.8 Å². The molecule has 3 fully saturated rings. The Hall–Kier alpha value is -1.21. The third-order valence-electron chi connectivity index (χ3n) is 6.78. The van der Waals surface area contributed by atoms with Crippen LogP contribution < -0.4 is 9.64 Å². The number of carbonyl (C=O) groups is 3. The van der Waals surface area contributed by atoms with Gasteiger partial charge in [-0.05, 0) is 36.8 Å². The highest BCUT2D eigenvalue weighted by molar-refractivity contribution is 9.12. The van der Waals surface area contributed by atoms with Crippen LogP contribution >= 0.6 is 31.9 Å². The molecule has 162 valence electrons. The van der Waals surface area contributed by atoms with E-state index >= 15 is 0 Å². The van der Waals surface area contributed by atoms with Gasteiger partial charge in [-0.25, -0.2) is 4.90 Å². The molecule has 2 amide bonds. The number of alkyl halides is 2. The molecule has 2 saturated carbocycles. The van der Waals surface area contributed by atoms with E-state index in [4.69, 9.17) is 4.74 Å². The Labute approximate surface area is 194 Å². The fourth-order valence-corrected chi connectivity index (χ4v) is 7.22. The van der Waals surface area contributed by atoms with Crippen LogP contribution in [0, 0.1) is 23.7 Å². The summed E-state index contributed by atoms with van der Waals surface area (Å²) in [6.45, 7) is 2.16. The summed E-state index contributed by atoms with van der Waals surface area (Å²) in [5, 5.41) is 0. The Balaban J connectivity index is 1.43. The zero-order valence-electron chi connectivity index (χ0n) is 17.1. The Morgan fingerprint density at radius 2 is 1.67 bits per heavy atom. The lowest BCUT2D eigenvalue weighted by molar-refractivity contribution is -0.134. The highest BCUT2D eigenvalue weighted by atomic mass is 79.9. The molecule has 2 aliphatic carbocycles. The molecular formula is C23H27Br2NO4. The first-order valence-corrected chi connectivity index (χ1v) is 12.7. The molecule has 30 heavy (non-hydrogen) atoms. The van der Waals surface area contributed by atoms with Crippen LogP contribution in [0.5, 0.6) is 5.75 Å². The van der Waals surface area contributed by atoms with Gasteiger partial charge < -0.3 is 4.74 Å². The van der Waals surface area contributed by atoms with E-state index in [-0.39, 0.29) is 51.1 Å². The molecule has 1 saturated heterocycles. The van der Waals surface area contributed by atoms with Crippen LogP contribution in [0.4, 0.5) is 5.69 Å². The van der Waals surface area contributed by atoms with Gasteiger partial charge >= 0.3 is 5.97 Å². The highest BCUT2D eigenvalue weighted by Crippen LogP contribution is 2.60. The van der Waals surface area contributed by atoms with Gasteiger partial charge in [0.1, 0.15) is 5.75 Å². The maximum atomic E-state index is 13.2. The van der Waals surface area contributed by atoms with Crippen molar-refractivity contribution in [1.29, 1.82) is 0 Å². The number of anilines is 1. The molecule has 0 radical (unpaired) electrons. The first kappa shape index (κ1) is 22.0. The number of fused-ring (bicyclic) bond motifs is 5. The molecule has 1 aromatic rings. The summed E-state index contributed by atoms with van der Waals surface area (Å²) in [5.74, 6) is -0.295. The van der Waals surface area contributed by atoms with Gasteiger partial charge in [0.05, 0.1) is 17.5 Å². The van der Waals surface area contributed by atoms with E-state index in [1.54, 1.807) is 24.3 Å². The van der Waals surface area contributed by atoms with E-state index in [9.17, 15) is 14.4 Å². The molecule has 0 aromatic heterocycles. The molecule has 0 spiro atoms. The van der Waals surface area contributed by atoms with Gasteiger partial charge in [0.25, 0.3) is 0 Å². The molecule has 2 bridgehead atoms. The molecule has 7 heteroatoms. The van der Waals surface area contributed by atoms with Gasteiger partial charge in [0.2, 0.25) is 11.8 Å². The van der Waals surface area contributed by atoms with Crippen molar-refractivity contribution >= 4 is 55.3 Å². The van der Waals surface area contributed by atoms with Crippen molar-refractivity contribution in [1.82, 2.24) is 0 Å². The highest BCUT2D eigenvalue weighted by Gasteiger charge is 2.66. The second-order valence-electron chi connectivity index (χ2n) is 8.65. The number of unbranched alkanes of at least 4 members (excludes halogenated alkanes) is 4. The Morgan fingerprint density at radius 3 is 2.30 bits per heavy atom. The normalized spacial score (nSPS) is 32.0. The number of nitrogens with zero attached hydrogens (tertiary/aromatic N) is 1. The number of imide groups is 1. The van der Waals surface area contributed by atoms with Crippen molar-refractivity contribution in [3.05, 3.63) is 24.3 Å². The topological polar surface area (TPSA) is 63.7 Å². The molecule has 3 aliphatic rings. The van der Waals surface area contributed by atoms with E-state index in [0.717, 1.165) is 25.7 Å². The van der Waals surface area contributed by atoms with Gasteiger partial charge in [-0.3, -0.25) is 14.4 Å². The number of amides is 2. The molecule has 1 aromatic carbocycles. The molecule has 6 atom stereocenters. The number of halogens is 2. The summed E-state index contributed by atoms with van der Waals surface area (Å²) in [7, 11) is 0. The summed E-state index contributed by atoms with van der Waals surface area (Å²) in [6, 6.07) is 6.78. The van der Waals surface area contributed by atoms with E-state index in [1.807, 2.05) is 0 Å². The summed E-state index contributed by atoms with van der Waals surface area (Å²) in [5.41, 5.74) is 0.490. The monoisotopic (exact) mass is 539 g/mol. The largest absolute Gasteiger partial charge is 0.426 e. The second-order valence-corrected chi connectivity index (χ2v) is 10.8. The quantitative estimate of drug-likeness (QED) is 0.149. The lowest BCUT2D eigenvalue weighted by Gasteiger charge is -2.28. The number of carbonyl (C=O) groups excluding carboxylic acids is 3. The fourth-order valence-electron chi connectivity index (χ4n) is 5.34. The van der Waals surface area contributed by atoms with Gasteiger partial charge in [0.15, 0.2) is 0 Å². The molecule has 0 unspecified atom stereocenters. The van der Waals surface area contributed by atoms with Crippen LogP contribution in [0.25, 0.3) is 0 Å². The standard InChI is InChI=1S/C23H27Br2NO4/c1-2-3-4-5-6-10-17(27)30-14-9-7-8-13(11-14)26-22(28)18-15-12-16(19(18)23(26)29)21(25)20(15)24/h7-9,11,15-16,18-21H,2-6,10,12H2,1H3/t15-,16-,18-,19-,20-,21+/m0/s1. The van der Waals surface area contributed by atoms with Crippen molar-refractivity contribution in [3.8, 4) is 5.75 Å². The van der Waals surface area contributed by atoms with Crippen LogP contribution in [0.1, 0.15) is 51.9 Å². The minimum Gasteiger partial charge on any atom is -0.426 e. The van der Waals surface area contributed by atoms with Crippen LogP contribution in [0.15, 0.2) is 24.3 Å². The zero-order valence-corrected chi connectivity index (χ0v) is 20.2. The molecule has 1 aliphatic heterocycles. The SMILES string of the molecule is CCCCCCCC(=O)Oc1cccc(N2C(=O)[C@H]3[C@@H]4C[C@H]([C@@H](Br)[C@H]4Br)[C@@H]3C2=O)c1. The number of ether oxygens (including phenoxy) is 1. The fraction of sp³-hybridized carbons (Fsp3) is 0.609. The van der Waals surface area contributed by atoms with E-state index in [1.165, 1.54) is 17.7 Å². The maximum Gasteiger partial charge on any atom is 0.311 e. The van der Waals surface area contributed by atoms with E-state index < -0.39 is 0 Å². The van der Waals surface area contributed by atoms with Crippen molar-refractivity contribution < 1.29 is 19.1 Å². The predicted octanol–water partition coefficient (Wildman–Crippen LogP) is 5.23. The van der Waals surface area contributed by atoms with Crippen molar-refractivity contribution in [2.24, 2.45) is 23.7 Å². The third kappa shape index (κ3) is 3.88. The van der Waals surface area contributed by atoms with Crippen LogP contribution in [-0.2, 0) is 14.4 Å². The van der Waals surface area contributed by atoms with Gasteiger partial charge in [0, 0.05) is 22.1 Å². The summed E-state index contributed by atoms with van der Waals surface area (Å²) in [4.78, 5) is 40.2. The first-order chi connectivity index (χ1) is 14.4. The number of hydrogen-bond donors (Lipinski definition) is 0. The smallest absolute Gasteiger partial charge is 0.311 e. The Bertz CT molecular complexity index is 812. The second kappa shape index (κ2) is 9.11. The first-order valence-electron chi connectivity index (χ1n) is 10.9. The Kier molecular flexibility index (Phi) is 6.68. The van der Waals surface area contributed by atoms with Crippen molar-refractivity contribution in [2.45, 2.75) is 61.5 Å². The summed E-state index contributed by atoms with van der Waals surface area (Å²) in [6.07, 6.45) is 6.60. The molecule has 4 rings (SSSR count).